The first-order valence-corrected chi connectivity index (χ1v) is 10.6. The molecule has 1 amide bonds. The minimum atomic E-state index is -3.30. The lowest BCUT2D eigenvalue weighted by molar-refractivity contribution is 0.0756. The van der Waals surface area contributed by atoms with Crippen LogP contribution in [0.15, 0.2) is 40.8 Å². The maximum atomic E-state index is 12.9. The van der Waals surface area contributed by atoms with Crippen LogP contribution in [0.5, 0.6) is 0 Å². The topological polar surface area (TPSA) is 67.6 Å². The van der Waals surface area contributed by atoms with Gasteiger partial charge in [-0.15, -0.1) is 11.3 Å². The predicted octanol–water partition coefficient (Wildman–Crippen LogP) is 3.62. The molecule has 0 aliphatic rings. The highest BCUT2D eigenvalue weighted by Gasteiger charge is 2.25. The van der Waals surface area contributed by atoms with Gasteiger partial charge >= 0.3 is 0 Å². The minimum Gasteiger partial charge on any atom is -0.451 e. The van der Waals surface area contributed by atoms with E-state index in [1.54, 1.807) is 47.5 Å². The zero-order chi connectivity index (χ0) is 18.2. The SMILES string of the molecule is Cc1ccc(CN(C)C(=O)c2oc3ccccc3c2CS(C)(=O)=O)s1. The molecule has 3 rings (SSSR count). The van der Waals surface area contributed by atoms with Gasteiger partial charge in [-0.3, -0.25) is 4.79 Å². The molecule has 0 unspecified atom stereocenters. The van der Waals surface area contributed by atoms with Crippen LogP contribution in [-0.4, -0.2) is 32.5 Å². The van der Waals surface area contributed by atoms with Crippen molar-refractivity contribution < 1.29 is 17.6 Å². The number of hydrogen-bond acceptors (Lipinski definition) is 5. The Balaban J connectivity index is 1.98. The van der Waals surface area contributed by atoms with E-state index in [1.807, 2.05) is 19.1 Å². The molecule has 7 heteroatoms. The van der Waals surface area contributed by atoms with Crippen LogP contribution in [0.4, 0.5) is 0 Å². The molecule has 0 fully saturated rings. The maximum absolute atomic E-state index is 12.9. The van der Waals surface area contributed by atoms with Gasteiger partial charge in [0.05, 0.1) is 12.3 Å². The van der Waals surface area contributed by atoms with Gasteiger partial charge < -0.3 is 9.32 Å². The molecule has 2 aromatic heterocycles. The van der Waals surface area contributed by atoms with E-state index in [2.05, 4.69) is 0 Å². The second kappa shape index (κ2) is 6.65. The van der Waals surface area contributed by atoms with Gasteiger partial charge in [0.1, 0.15) is 5.58 Å². The van der Waals surface area contributed by atoms with E-state index >= 15 is 0 Å². The lowest BCUT2D eigenvalue weighted by atomic mass is 10.1. The number of benzene rings is 1. The molecule has 0 aliphatic carbocycles. The number of carbonyl (C=O) groups excluding carboxylic acids is 1. The molecule has 0 radical (unpaired) electrons. The van der Waals surface area contributed by atoms with Gasteiger partial charge in [0.15, 0.2) is 15.6 Å². The van der Waals surface area contributed by atoms with Crippen LogP contribution in [0, 0.1) is 6.92 Å². The number of para-hydroxylation sites is 1. The van der Waals surface area contributed by atoms with Gasteiger partial charge in [0.25, 0.3) is 5.91 Å². The summed E-state index contributed by atoms with van der Waals surface area (Å²) in [6.07, 6.45) is 1.15. The normalized spacial score (nSPS) is 11.8. The molecule has 1 aromatic carbocycles. The Bertz CT molecular complexity index is 1030. The van der Waals surface area contributed by atoms with Crippen molar-refractivity contribution in [1.82, 2.24) is 4.90 Å². The summed E-state index contributed by atoms with van der Waals surface area (Å²) in [5, 5.41) is 0.664. The van der Waals surface area contributed by atoms with Crippen molar-refractivity contribution >= 4 is 38.1 Å². The van der Waals surface area contributed by atoms with Crippen LogP contribution in [0.1, 0.15) is 25.9 Å². The number of thiophene rings is 1. The van der Waals surface area contributed by atoms with Crippen LogP contribution < -0.4 is 0 Å². The van der Waals surface area contributed by atoms with Crippen molar-refractivity contribution in [3.8, 4) is 0 Å². The van der Waals surface area contributed by atoms with Gasteiger partial charge in [-0.25, -0.2) is 8.42 Å². The quantitative estimate of drug-likeness (QED) is 0.681. The predicted molar refractivity (Wildman–Crippen MR) is 99.6 cm³/mol. The molecular weight excluding hydrogens is 358 g/mol. The van der Waals surface area contributed by atoms with Crippen LogP contribution in [0.3, 0.4) is 0 Å². The molecule has 0 atom stereocenters. The van der Waals surface area contributed by atoms with Gasteiger partial charge in [0.2, 0.25) is 0 Å². The lowest BCUT2D eigenvalue weighted by Crippen LogP contribution is -2.26. The van der Waals surface area contributed by atoms with Crippen molar-refractivity contribution in [3.05, 3.63) is 57.5 Å². The largest absolute Gasteiger partial charge is 0.451 e. The van der Waals surface area contributed by atoms with Crippen molar-refractivity contribution in [3.63, 3.8) is 0 Å². The molecule has 0 saturated heterocycles. The number of sulfone groups is 1. The fourth-order valence-corrected chi connectivity index (χ4v) is 4.48. The summed E-state index contributed by atoms with van der Waals surface area (Å²) < 4.78 is 29.4. The van der Waals surface area contributed by atoms with Gasteiger partial charge in [0, 0.05) is 34.0 Å². The number of aryl methyl sites for hydroxylation is 1. The molecule has 0 bridgehead atoms. The highest BCUT2D eigenvalue weighted by molar-refractivity contribution is 7.89. The number of amides is 1. The molecule has 0 saturated carbocycles. The highest BCUT2D eigenvalue weighted by atomic mass is 32.2. The number of nitrogens with zero attached hydrogens (tertiary/aromatic N) is 1. The number of carbonyl (C=O) groups is 1. The molecule has 3 aromatic rings. The fourth-order valence-electron chi connectivity index (χ4n) is 2.73. The van der Waals surface area contributed by atoms with Crippen LogP contribution >= 0.6 is 11.3 Å². The molecule has 25 heavy (non-hydrogen) atoms. The number of furan rings is 1. The summed E-state index contributed by atoms with van der Waals surface area (Å²) in [5.41, 5.74) is 0.946. The summed E-state index contributed by atoms with van der Waals surface area (Å²) >= 11 is 1.63. The Labute approximate surface area is 150 Å². The summed E-state index contributed by atoms with van der Waals surface area (Å²) in [7, 11) is -1.62. The van der Waals surface area contributed by atoms with E-state index < -0.39 is 9.84 Å². The third-order valence-electron chi connectivity index (χ3n) is 3.83. The zero-order valence-corrected chi connectivity index (χ0v) is 15.9. The summed E-state index contributed by atoms with van der Waals surface area (Å²) in [6.45, 7) is 2.46. The second-order valence-electron chi connectivity index (χ2n) is 6.15. The van der Waals surface area contributed by atoms with Crippen molar-refractivity contribution in [2.24, 2.45) is 0 Å². The number of rotatable bonds is 5. The third kappa shape index (κ3) is 3.93. The number of fused-ring (bicyclic) bond motifs is 1. The van der Waals surface area contributed by atoms with E-state index in [9.17, 15) is 13.2 Å². The van der Waals surface area contributed by atoms with E-state index in [4.69, 9.17) is 4.42 Å². The average molecular weight is 377 g/mol. The first-order chi connectivity index (χ1) is 11.7. The fraction of sp³-hybridized carbons (Fsp3) is 0.278. The van der Waals surface area contributed by atoms with Gasteiger partial charge in [-0.2, -0.15) is 0 Å². The maximum Gasteiger partial charge on any atom is 0.290 e. The van der Waals surface area contributed by atoms with Crippen LogP contribution in [0.2, 0.25) is 0 Å². The van der Waals surface area contributed by atoms with Crippen molar-refractivity contribution in [2.45, 2.75) is 19.2 Å². The Morgan fingerprint density at radius 2 is 1.92 bits per heavy atom. The molecule has 0 spiro atoms. The standard InChI is InChI=1S/C18H19NO4S2/c1-12-8-9-13(24-12)10-19(2)18(20)17-15(11-25(3,21)22)14-6-4-5-7-16(14)23-17/h4-9H,10-11H2,1-3H3. The lowest BCUT2D eigenvalue weighted by Gasteiger charge is -2.15. The van der Waals surface area contributed by atoms with Crippen LogP contribution in [-0.2, 0) is 22.1 Å². The first kappa shape index (κ1) is 17.7. The van der Waals surface area contributed by atoms with Gasteiger partial charge in [-0.05, 0) is 25.1 Å². The highest BCUT2D eigenvalue weighted by Crippen LogP contribution is 2.29. The molecule has 0 N–H and O–H groups in total. The van der Waals surface area contributed by atoms with Crippen molar-refractivity contribution in [2.75, 3.05) is 13.3 Å². The Morgan fingerprint density at radius 3 is 2.56 bits per heavy atom. The second-order valence-corrected chi connectivity index (χ2v) is 9.66. The van der Waals surface area contributed by atoms with E-state index in [1.165, 1.54) is 4.88 Å². The smallest absolute Gasteiger partial charge is 0.290 e. The summed E-state index contributed by atoms with van der Waals surface area (Å²) in [4.78, 5) is 16.7. The molecule has 2 heterocycles. The van der Waals surface area contributed by atoms with Crippen LogP contribution in [0.25, 0.3) is 11.0 Å². The average Bonchev–Trinajstić information content (AvgIpc) is 3.09. The minimum absolute atomic E-state index is 0.0994. The molecule has 132 valence electrons. The van der Waals surface area contributed by atoms with Gasteiger partial charge in [-0.1, -0.05) is 18.2 Å². The monoisotopic (exact) mass is 377 g/mol. The van der Waals surface area contributed by atoms with E-state index in [0.717, 1.165) is 11.1 Å². The molecule has 0 aliphatic heterocycles. The first-order valence-electron chi connectivity index (χ1n) is 7.73. The molecule has 5 nitrogen and oxygen atoms in total. The van der Waals surface area contributed by atoms with E-state index in [-0.39, 0.29) is 17.4 Å². The van der Waals surface area contributed by atoms with E-state index in [0.29, 0.717) is 23.1 Å². The Morgan fingerprint density at radius 1 is 1.20 bits per heavy atom. The Hall–Kier alpha value is -2.12. The zero-order valence-electron chi connectivity index (χ0n) is 14.3. The van der Waals surface area contributed by atoms with Crippen molar-refractivity contribution in [1.29, 1.82) is 0 Å². The summed E-state index contributed by atoms with van der Waals surface area (Å²) in [5.74, 6) is -0.444. The Kier molecular flexibility index (Phi) is 4.71. The number of hydrogen-bond donors (Lipinski definition) is 0. The summed E-state index contributed by atoms with van der Waals surface area (Å²) in [6, 6.07) is 11.1. The third-order valence-corrected chi connectivity index (χ3v) is 5.63. The molecular formula is C18H19NO4S2.